The zero-order valence-electron chi connectivity index (χ0n) is 13.9. The Bertz CT molecular complexity index is 787. The third-order valence-electron chi connectivity index (χ3n) is 3.47. The monoisotopic (exact) mass is 416 g/mol. The highest BCUT2D eigenvalue weighted by Crippen LogP contribution is 2.32. The molecule has 0 saturated carbocycles. The number of rotatable bonds is 5. The lowest BCUT2D eigenvalue weighted by atomic mass is 10.2. The van der Waals surface area contributed by atoms with Crippen molar-refractivity contribution in [3.63, 3.8) is 0 Å². The second-order valence-corrected chi connectivity index (χ2v) is 6.91. The molecule has 0 radical (unpaired) electrons. The molecule has 0 aliphatic carbocycles. The van der Waals surface area contributed by atoms with E-state index in [1.807, 2.05) is 0 Å². The van der Waals surface area contributed by atoms with E-state index in [0.717, 1.165) is 30.7 Å². The van der Waals surface area contributed by atoms with E-state index in [2.05, 4.69) is 30.6 Å². The number of aromatic nitrogens is 4. The molecule has 3 rings (SSSR count). The fourth-order valence-corrected chi connectivity index (χ4v) is 3.16. The highest BCUT2D eigenvalue weighted by Gasteiger charge is 2.34. The van der Waals surface area contributed by atoms with Gasteiger partial charge in [0.25, 0.3) is 0 Å². The Labute approximate surface area is 162 Å². The van der Waals surface area contributed by atoms with Gasteiger partial charge in [0.1, 0.15) is 5.03 Å². The van der Waals surface area contributed by atoms with Gasteiger partial charge in [0.05, 0.1) is 6.10 Å². The van der Waals surface area contributed by atoms with Gasteiger partial charge in [-0.3, -0.25) is 0 Å². The second-order valence-electron chi connectivity index (χ2n) is 5.52. The van der Waals surface area contributed by atoms with Crippen LogP contribution in [0, 0.1) is 0 Å². The van der Waals surface area contributed by atoms with Crippen molar-refractivity contribution >= 4 is 35.0 Å². The lowest BCUT2D eigenvalue weighted by molar-refractivity contribution is -0.141. The fraction of sp³-hybridized carbons (Fsp3) is 0.400. The SMILES string of the molecule is FC(F)(F)c1cc(Sc2ncccn2)nc(NC(=S)NC[C@@H]2CCCO2)n1. The topological polar surface area (TPSA) is 84.9 Å². The smallest absolute Gasteiger partial charge is 0.376 e. The molecule has 0 unspecified atom stereocenters. The molecular weight excluding hydrogens is 401 g/mol. The molecule has 1 aliphatic heterocycles. The number of hydrogen-bond donors (Lipinski definition) is 2. The Morgan fingerprint density at radius 2 is 2.07 bits per heavy atom. The van der Waals surface area contributed by atoms with Crippen molar-refractivity contribution in [3.05, 3.63) is 30.2 Å². The number of alkyl halides is 3. The molecule has 7 nitrogen and oxygen atoms in total. The highest BCUT2D eigenvalue weighted by molar-refractivity contribution is 7.99. The number of ether oxygens (including phenoxy) is 1. The summed E-state index contributed by atoms with van der Waals surface area (Å²) in [6.07, 6.45) is 0.279. The Hall–Kier alpha value is -2.05. The van der Waals surface area contributed by atoms with Crippen molar-refractivity contribution in [1.82, 2.24) is 25.3 Å². The van der Waals surface area contributed by atoms with Crippen LogP contribution >= 0.6 is 24.0 Å². The first kappa shape index (κ1) is 19.7. The average Bonchev–Trinajstić information content (AvgIpc) is 3.13. The minimum atomic E-state index is -4.63. The molecular formula is C15H15F3N6OS2. The number of nitrogens with one attached hydrogen (secondary N) is 2. The maximum Gasteiger partial charge on any atom is 0.433 e. The maximum absolute atomic E-state index is 13.2. The van der Waals surface area contributed by atoms with Crippen LogP contribution in [-0.4, -0.2) is 44.3 Å². The molecule has 0 spiro atoms. The number of halogens is 3. The quantitative estimate of drug-likeness (QED) is 0.434. The lowest BCUT2D eigenvalue weighted by Crippen LogP contribution is -2.35. The van der Waals surface area contributed by atoms with Gasteiger partial charge in [-0.2, -0.15) is 13.2 Å². The van der Waals surface area contributed by atoms with Crippen molar-refractivity contribution in [2.45, 2.75) is 35.3 Å². The first-order valence-electron chi connectivity index (χ1n) is 7.98. The molecule has 12 heteroatoms. The van der Waals surface area contributed by atoms with Gasteiger partial charge in [0.15, 0.2) is 16.0 Å². The van der Waals surface area contributed by atoms with Crippen LogP contribution in [0.25, 0.3) is 0 Å². The molecule has 0 aromatic carbocycles. The summed E-state index contributed by atoms with van der Waals surface area (Å²) in [7, 11) is 0. The van der Waals surface area contributed by atoms with Gasteiger partial charge in [-0.1, -0.05) is 0 Å². The summed E-state index contributed by atoms with van der Waals surface area (Å²) >= 11 is 6.01. The molecule has 2 aromatic heterocycles. The predicted octanol–water partition coefficient (Wildman–Crippen LogP) is 2.90. The Balaban J connectivity index is 1.72. The summed E-state index contributed by atoms with van der Waals surface area (Å²) < 4.78 is 44.9. The van der Waals surface area contributed by atoms with Crippen molar-refractivity contribution in [3.8, 4) is 0 Å². The largest absolute Gasteiger partial charge is 0.433 e. The van der Waals surface area contributed by atoms with E-state index in [0.29, 0.717) is 13.2 Å². The van der Waals surface area contributed by atoms with Crippen LogP contribution < -0.4 is 10.6 Å². The molecule has 0 amide bonds. The van der Waals surface area contributed by atoms with Gasteiger partial charge in [-0.15, -0.1) is 0 Å². The Morgan fingerprint density at radius 1 is 1.30 bits per heavy atom. The van der Waals surface area contributed by atoms with Crippen molar-refractivity contribution in [2.75, 3.05) is 18.5 Å². The normalized spacial score (nSPS) is 16.9. The van der Waals surface area contributed by atoms with Crippen LogP contribution in [0.15, 0.2) is 34.7 Å². The van der Waals surface area contributed by atoms with E-state index in [9.17, 15) is 13.2 Å². The van der Waals surface area contributed by atoms with Gasteiger partial charge in [-0.25, -0.2) is 19.9 Å². The zero-order valence-corrected chi connectivity index (χ0v) is 15.5. The van der Waals surface area contributed by atoms with Crippen LogP contribution in [0.3, 0.4) is 0 Å². The molecule has 0 bridgehead atoms. The standard InChI is InChI=1S/C15H15F3N6OS2/c16-15(17,18)10-7-11(27-14-19-4-2-5-20-14)23-12(22-10)24-13(26)21-8-9-3-1-6-25-9/h2,4-5,7,9H,1,3,6,8H2,(H2,21,22,23,24,26)/t9-/m0/s1. The third-order valence-corrected chi connectivity index (χ3v) is 4.53. The van der Waals surface area contributed by atoms with Crippen LogP contribution in [0.5, 0.6) is 0 Å². The average molecular weight is 416 g/mol. The molecule has 1 aliphatic rings. The molecule has 3 heterocycles. The van der Waals surface area contributed by atoms with Crippen LogP contribution in [0.2, 0.25) is 0 Å². The Morgan fingerprint density at radius 3 is 2.74 bits per heavy atom. The fourth-order valence-electron chi connectivity index (χ4n) is 2.27. The van der Waals surface area contributed by atoms with Crippen molar-refractivity contribution in [2.24, 2.45) is 0 Å². The first-order chi connectivity index (χ1) is 12.9. The van der Waals surface area contributed by atoms with E-state index in [-0.39, 0.29) is 27.3 Å². The minimum absolute atomic E-state index is 0.0357. The van der Waals surface area contributed by atoms with Crippen molar-refractivity contribution < 1.29 is 17.9 Å². The van der Waals surface area contributed by atoms with E-state index in [4.69, 9.17) is 17.0 Å². The van der Waals surface area contributed by atoms with E-state index in [1.54, 1.807) is 6.07 Å². The summed E-state index contributed by atoms with van der Waals surface area (Å²) in [6, 6.07) is 2.45. The van der Waals surface area contributed by atoms with Crippen LogP contribution in [0.4, 0.5) is 19.1 Å². The zero-order chi connectivity index (χ0) is 19.3. The summed E-state index contributed by atoms with van der Waals surface area (Å²) in [5.74, 6) is -0.256. The highest BCUT2D eigenvalue weighted by atomic mass is 32.2. The van der Waals surface area contributed by atoms with Gasteiger partial charge in [0, 0.05) is 31.6 Å². The maximum atomic E-state index is 13.2. The molecule has 1 atom stereocenters. The van der Waals surface area contributed by atoms with Gasteiger partial charge in [-0.05, 0) is 42.9 Å². The molecule has 2 aromatic rings. The van der Waals surface area contributed by atoms with Gasteiger partial charge in [0.2, 0.25) is 5.95 Å². The van der Waals surface area contributed by atoms with Gasteiger partial charge < -0.3 is 15.4 Å². The van der Waals surface area contributed by atoms with E-state index >= 15 is 0 Å². The number of anilines is 1. The summed E-state index contributed by atoms with van der Waals surface area (Å²) in [5.41, 5.74) is -1.08. The summed E-state index contributed by atoms with van der Waals surface area (Å²) in [5, 5.41) is 5.94. The molecule has 27 heavy (non-hydrogen) atoms. The molecule has 2 N–H and O–H groups in total. The molecule has 1 saturated heterocycles. The van der Waals surface area contributed by atoms with E-state index < -0.39 is 11.9 Å². The number of thiocarbonyl (C=S) groups is 1. The minimum Gasteiger partial charge on any atom is -0.376 e. The summed E-state index contributed by atoms with van der Waals surface area (Å²) in [4.78, 5) is 15.5. The molecule has 1 fully saturated rings. The summed E-state index contributed by atoms with van der Waals surface area (Å²) in [6.45, 7) is 1.16. The van der Waals surface area contributed by atoms with Crippen molar-refractivity contribution in [1.29, 1.82) is 0 Å². The lowest BCUT2D eigenvalue weighted by Gasteiger charge is -2.14. The Kier molecular flexibility index (Phi) is 6.39. The first-order valence-corrected chi connectivity index (χ1v) is 9.20. The third kappa shape index (κ3) is 5.97. The van der Waals surface area contributed by atoms with Crippen LogP contribution in [0.1, 0.15) is 18.5 Å². The predicted molar refractivity (Wildman–Crippen MR) is 96.4 cm³/mol. The number of nitrogens with zero attached hydrogens (tertiary/aromatic N) is 4. The number of hydrogen-bond acceptors (Lipinski definition) is 7. The van der Waals surface area contributed by atoms with E-state index in [1.165, 1.54) is 12.4 Å². The molecule has 144 valence electrons. The van der Waals surface area contributed by atoms with Crippen LogP contribution in [-0.2, 0) is 10.9 Å². The second kappa shape index (κ2) is 8.76. The van der Waals surface area contributed by atoms with Gasteiger partial charge >= 0.3 is 6.18 Å².